The minimum Gasteiger partial charge on any atom is -0.457 e. The standard InChI is InChI=1S/C27H16Cl2O/c28-21-12-9-18(15-22(21)29)25-26-19-7-3-1-5-16(19)10-13-23(26)30-24-14-11-17-6-2-4-8-20(17)27(24)25/h1-15,25H. The molecule has 30 heavy (non-hydrogen) atoms. The molecule has 6 rings (SSSR count). The van der Waals surface area contributed by atoms with Crippen molar-refractivity contribution in [3.05, 3.63) is 118 Å². The van der Waals surface area contributed by atoms with Crippen LogP contribution in [0.1, 0.15) is 22.6 Å². The van der Waals surface area contributed by atoms with Gasteiger partial charge in [0.15, 0.2) is 0 Å². The molecule has 1 nitrogen and oxygen atoms in total. The highest BCUT2D eigenvalue weighted by Crippen LogP contribution is 2.52. The van der Waals surface area contributed by atoms with Gasteiger partial charge in [-0.25, -0.2) is 0 Å². The number of rotatable bonds is 1. The SMILES string of the molecule is Clc1ccc(C2c3c(ccc4ccccc34)Oc3ccc4ccccc4c32)cc1Cl. The molecule has 0 N–H and O–H groups in total. The van der Waals surface area contributed by atoms with E-state index < -0.39 is 0 Å². The van der Waals surface area contributed by atoms with Crippen molar-refractivity contribution in [3.63, 3.8) is 0 Å². The van der Waals surface area contributed by atoms with Gasteiger partial charge in [-0.1, -0.05) is 89.9 Å². The smallest absolute Gasteiger partial charge is 0.132 e. The average Bonchev–Trinajstić information content (AvgIpc) is 2.79. The zero-order valence-electron chi connectivity index (χ0n) is 15.9. The summed E-state index contributed by atoms with van der Waals surface area (Å²) in [7, 11) is 0. The van der Waals surface area contributed by atoms with Crippen molar-refractivity contribution in [1.29, 1.82) is 0 Å². The van der Waals surface area contributed by atoms with Gasteiger partial charge in [0.1, 0.15) is 11.5 Å². The molecule has 5 aromatic carbocycles. The maximum absolute atomic E-state index is 6.46. The van der Waals surface area contributed by atoms with Gasteiger partial charge in [-0.3, -0.25) is 0 Å². The van der Waals surface area contributed by atoms with E-state index in [4.69, 9.17) is 27.9 Å². The predicted octanol–water partition coefficient (Wildman–Crippen LogP) is 8.59. The lowest BCUT2D eigenvalue weighted by molar-refractivity contribution is 0.456. The molecule has 0 aliphatic carbocycles. The topological polar surface area (TPSA) is 9.23 Å². The van der Waals surface area contributed by atoms with Gasteiger partial charge < -0.3 is 4.74 Å². The third-order valence-corrected chi connectivity index (χ3v) is 6.67. The lowest BCUT2D eigenvalue weighted by Gasteiger charge is -2.31. The first-order chi connectivity index (χ1) is 14.7. The van der Waals surface area contributed by atoms with Crippen molar-refractivity contribution < 1.29 is 4.74 Å². The molecule has 0 fully saturated rings. The third-order valence-electron chi connectivity index (χ3n) is 5.94. The summed E-state index contributed by atoms with van der Waals surface area (Å²) in [6.07, 6.45) is 0. The van der Waals surface area contributed by atoms with Gasteiger partial charge in [-0.15, -0.1) is 0 Å². The number of hydrogen-bond acceptors (Lipinski definition) is 1. The summed E-state index contributed by atoms with van der Waals surface area (Å²) < 4.78 is 6.44. The van der Waals surface area contributed by atoms with Gasteiger partial charge in [0, 0.05) is 17.0 Å². The second-order valence-corrected chi connectivity index (χ2v) is 8.42. The van der Waals surface area contributed by atoms with Crippen LogP contribution in [0.4, 0.5) is 0 Å². The van der Waals surface area contributed by atoms with E-state index in [-0.39, 0.29) is 5.92 Å². The summed E-state index contributed by atoms with van der Waals surface area (Å²) in [5.41, 5.74) is 3.42. The first-order valence-corrected chi connectivity index (χ1v) is 10.6. The fourth-order valence-corrected chi connectivity index (χ4v) is 4.92. The number of ether oxygens (including phenoxy) is 1. The van der Waals surface area contributed by atoms with Gasteiger partial charge in [-0.05, 0) is 51.4 Å². The number of hydrogen-bond donors (Lipinski definition) is 0. The summed E-state index contributed by atoms with van der Waals surface area (Å²) in [5, 5.41) is 5.87. The maximum atomic E-state index is 6.46. The molecule has 0 saturated heterocycles. The van der Waals surface area contributed by atoms with Gasteiger partial charge >= 0.3 is 0 Å². The Bertz CT molecular complexity index is 1370. The second-order valence-electron chi connectivity index (χ2n) is 7.61. The average molecular weight is 427 g/mol. The van der Waals surface area contributed by atoms with Crippen LogP contribution in [0, 0.1) is 0 Å². The molecule has 0 radical (unpaired) electrons. The van der Waals surface area contributed by atoms with E-state index in [9.17, 15) is 0 Å². The summed E-state index contributed by atoms with van der Waals surface area (Å²) in [6, 6.07) is 31.2. The van der Waals surface area contributed by atoms with E-state index in [0.717, 1.165) is 28.2 Å². The molecule has 0 unspecified atom stereocenters. The summed E-state index contributed by atoms with van der Waals surface area (Å²) in [6.45, 7) is 0. The monoisotopic (exact) mass is 426 g/mol. The van der Waals surface area contributed by atoms with Gasteiger partial charge in [0.25, 0.3) is 0 Å². The van der Waals surface area contributed by atoms with E-state index in [2.05, 4.69) is 78.9 Å². The first kappa shape index (κ1) is 17.8. The Kier molecular flexibility index (Phi) is 4.02. The van der Waals surface area contributed by atoms with Gasteiger partial charge in [0.05, 0.1) is 10.0 Å². The fourth-order valence-electron chi connectivity index (χ4n) is 4.61. The highest BCUT2D eigenvalue weighted by Gasteiger charge is 2.32. The van der Waals surface area contributed by atoms with Crippen LogP contribution in [-0.2, 0) is 0 Å². The van der Waals surface area contributed by atoms with Crippen molar-refractivity contribution >= 4 is 44.7 Å². The minimum atomic E-state index is -0.0179. The summed E-state index contributed by atoms with van der Waals surface area (Å²) in [5.74, 6) is 1.75. The minimum absolute atomic E-state index is 0.0179. The quantitative estimate of drug-likeness (QED) is 0.255. The molecule has 3 heteroatoms. The van der Waals surface area contributed by atoms with Crippen molar-refractivity contribution in [2.45, 2.75) is 5.92 Å². The van der Waals surface area contributed by atoms with E-state index in [0.29, 0.717) is 10.0 Å². The summed E-state index contributed by atoms with van der Waals surface area (Å²) in [4.78, 5) is 0. The molecule has 144 valence electrons. The number of benzene rings is 5. The van der Waals surface area contributed by atoms with Crippen molar-refractivity contribution in [3.8, 4) is 11.5 Å². The van der Waals surface area contributed by atoms with Crippen LogP contribution < -0.4 is 4.74 Å². The third kappa shape index (κ3) is 2.63. The fraction of sp³-hybridized carbons (Fsp3) is 0.0370. The van der Waals surface area contributed by atoms with E-state index in [1.54, 1.807) is 0 Å². The van der Waals surface area contributed by atoms with Crippen LogP contribution in [0.5, 0.6) is 11.5 Å². The van der Waals surface area contributed by atoms with E-state index >= 15 is 0 Å². The highest BCUT2D eigenvalue weighted by molar-refractivity contribution is 6.42. The Hall–Kier alpha value is -3.00. The maximum Gasteiger partial charge on any atom is 0.132 e. The molecule has 0 amide bonds. The molecular weight excluding hydrogens is 411 g/mol. The van der Waals surface area contributed by atoms with Crippen molar-refractivity contribution in [1.82, 2.24) is 0 Å². The van der Waals surface area contributed by atoms with Gasteiger partial charge in [-0.2, -0.15) is 0 Å². The van der Waals surface area contributed by atoms with Crippen LogP contribution in [0.15, 0.2) is 91.0 Å². The van der Waals surface area contributed by atoms with Crippen molar-refractivity contribution in [2.75, 3.05) is 0 Å². The molecule has 0 atom stereocenters. The van der Waals surface area contributed by atoms with Crippen LogP contribution in [0.25, 0.3) is 21.5 Å². The van der Waals surface area contributed by atoms with E-state index in [1.807, 2.05) is 12.1 Å². The largest absolute Gasteiger partial charge is 0.457 e. The number of fused-ring (bicyclic) bond motifs is 6. The molecule has 0 bridgehead atoms. The highest BCUT2D eigenvalue weighted by atomic mass is 35.5. The lowest BCUT2D eigenvalue weighted by Crippen LogP contribution is -2.13. The zero-order chi connectivity index (χ0) is 20.2. The Morgan fingerprint density at radius 2 is 1.13 bits per heavy atom. The van der Waals surface area contributed by atoms with Crippen LogP contribution in [0.3, 0.4) is 0 Å². The molecule has 1 heterocycles. The van der Waals surface area contributed by atoms with Crippen LogP contribution in [0.2, 0.25) is 10.0 Å². The first-order valence-electron chi connectivity index (χ1n) is 9.87. The van der Waals surface area contributed by atoms with Crippen LogP contribution in [-0.4, -0.2) is 0 Å². The van der Waals surface area contributed by atoms with Crippen molar-refractivity contribution in [2.24, 2.45) is 0 Å². The molecule has 0 aromatic heterocycles. The Balaban J connectivity index is 1.76. The molecule has 0 saturated carbocycles. The Morgan fingerprint density at radius 1 is 0.567 bits per heavy atom. The molecule has 1 aliphatic heterocycles. The molecule has 1 aliphatic rings. The summed E-state index contributed by atoms with van der Waals surface area (Å²) >= 11 is 12.7. The Morgan fingerprint density at radius 3 is 1.70 bits per heavy atom. The molecule has 0 spiro atoms. The predicted molar refractivity (Wildman–Crippen MR) is 125 cm³/mol. The van der Waals surface area contributed by atoms with E-state index in [1.165, 1.54) is 21.5 Å². The van der Waals surface area contributed by atoms with Gasteiger partial charge in [0.2, 0.25) is 0 Å². The lowest BCUT2D eigenvalue weighted by atomic mass is 9.78. The zero-order valence-corrected chi connectivity index (χ0v) is 17.4. The second kappa shape index (κ2) is 6.77. The molecular formula is C27H16Cl2O. The Labute approximate surface area is 184 Å². The number of halogens is 2. The molecule has 5 aromatic rings. The normalized spacial score (nSPS) is 13.1. The van der Waals surface area contributed by atoms with Crippen LogP contribution >= 0.6 is 23.2 Å².